The number of hydrogen-bond donors (Lipinski definition) is 4. The number of amides is 1. The van der Waals surface area contributed by atoms with Gasteiger partial charge in [-0.2, -0.15) is 0 Å². The van der Waals surface area contributed by atoms with Crippen LogP contribution in [0.2, 0.25) is 0 Å². The highest BCUT2D eigenvalue weighted by Gasteiger charge is 2.21. The van der Waals surface area contributed by atoms with Gasteiger partial charge in [0.15, 0.2) is 0 Å². The van der Waals surface area contributed by atoms with Gasteiger partial charge in [0.1, 0.15) is 17.5 Å². The molecule has 0 aliphatic heterocycles. The van der Waals surface area contributed by atoms with Crippen LogP contribution in [-0.2, 0) is 16.0 Å². The van der Waals surface area contributed by atoms with Crippen LogP contribution in [0.15, 0.2) is 42.5 Å². The molecule has 1 unspecified atom stereocenters. The zero-order valence-corrected chi connectivity index (χ0v) is 15.8. The number of carboxylic acids is 1. The van der Waals surface area contributed by atoms with Gasteiger partial charge in [-0.05, 0) is 42.8 Å². The average molecular weight is 402 g/mol. The zero-order valence-electron chi connectivity index (χ0n) is 15.8. The van der Waals surface area contributed by atoms with Crippen LogP contribution in [0.3, 0.4) is 0 Å². The number of aliphatic carboxylic acids is 1. The number of methoxy groups -OCH3 is 1. The van der Waals surface area contributed by atoms with E-state index in [1.54, 1.807) is 7.11 Å². The van der Waals surface area contributed by atoms with Crippen molar-refractivity contribution < 1.29 is 24.4 Å². The van der Waals surface area contributed by atoms with Crippen molar-refractivity contribution in [3.8, 4) is 5.75 Å². The first-order valence-electron chi connectivity index (χ1n) is 8.73. The SMILES string of the molecule is COc1ccc(CCNC(CC(=O)Nc2ccc(N)c([N+](=O)[O-])c2)C(=O)O)cc1. The Bertz CT molecular complexity index is 885. The normalized spacial score (nSPS) is 11.5. The van der Waals surface area contributed by atoms with Crippen LogP contribution in [0.4, 0.5) is 17.1 Å². The number of carboxylic acid groups (broad SMARTS) is 1. The quantitative estimate of drug-likeness (QED) is 0.266. The van der Waals surface area contributed by atoms with Crippen LogP contribution in [-0.4, -0.2) is 41.6 Å². The van der Waals surface area contributed by atoms with Crippen LogP contribution < -0.4 is 21.1 Å². The summed E-state index contributed by atoms with van der Waals surface area (Å²) in [7, 11) is 1.57. The number of ether oxygens (including phenoxy) is 1. The molecule has 1 atom stereocenters. The number of nitro benzene ring substituents is 1. The molecule has 0 radical (unpaired) electrons. The monoisotopic (exact) mass is 402 g/mol. The Balaban J connectivity index is 1.90. The highest BCUT2D eigenvalue weighted by atomic mass is 16.6. The summed E-state index contributed by atoms with van der Waals surface area (Å²) < 4.78 is 5.08. The van der Waals surface area contributed by atoms with E-state index in [0.29, 0.717) is 13.0 Å². The van der Waals surface area contributed by atoms with Gasteiger partial charge in [-0.25, -0.2) is 0 Å². The maximum atomic E-state index is 12.2. The summed E-state index contributed by atoms with van der Waals surface area (Å²) in [5.74, 6) is -1.03. The van der Waals surface area contributed by atoms with Crippen molar-refractivity contribution in [1.82, 2.24) is 5.32 Å². The number of nitrogens with two attached hydrogens (primary N) is 1. The van der Waals surface area contributed by atoms with E-state index in [9.17, 15) is 24.8 Å². The van der Waals surface area contributed by atoms with E-state index in [2.05, 4.69) is 10.6 Å². The molecule has 0 bridgehead atoms. The Labute approximate surface area is 166 Å². The molecule has 154 valence electrons. The van der Waals surface area contributed by atoms with Crippen molar-refractivity contribution >= 4 is 28.9 Å². The van der Waals surface area contributed by atoms with E-state index >= 15 is 0 Å². The van der Waals surface area contributed by atoms with Crippen molar-refractivity contribution in [2.45, 2.75) is 18.9 Å². The van der Waals surface area contributed by atoms with Crippen molar-refractivity contribution in [2.75, 3.05) is 24.7 Å². The summed E-state index contributed by atoms with van der Waals surface area (Å²) in [4.78, 5) is 33.9. The minimum Gasteiger partial charge on any atom is -0.497 e. The largest absolute Gasteiger partial charge is 0.497 e. The molecule has 2 aromatic rings. The molecule has 0 aliphatic rings. The molecule has 10 heteroatoms. The summed E-state index contributed by atoms with van der Waals surface area (Å²) in [5.41, 5.74) is 6.30. The van der Waals surface area contributed by atoms with Crippen LogP contribution in [0.5, 0.6) is 5.75 Å². The number of nitrogens with one attached hydrogen (secondary N) is 2. The Morgan fingerprint density at radius 1 is 1.24 bits per heavy atom. The second-order valence-electron chi connectivity index (χ2n) is 6.23. The number of rotatable bonds is 10. The zero-order chi connectivity index (χ0) is 21.4. The number of nitrogens with zero attached hydrogens (tertiary/aromatic N) is 1. The second kappa shape index (κ2) is 10.0. The molecule has 0 spiro atoms. The van der Waals surface area contributed by atoms with Gasteiger partial charge in [-0.1, -0.05) is 12.1 Å². The van der Waals surface area contributed by atoms with E-state index in [-0.39, 0.29) is 23.5 Å². The van der Waals surface area contributed by atoms with Gasteiger partial charge in [-0.3, -0.25) is 19.7 Å². The molecule has 2 rings (SSSR count). The van der Waals surface area contributed by atoms with Gasteiger partial charge in [0.25, 0.3) is 5.69 Å². The lowest BCUT2D eigenvalue weighted by atomic mass is 10.1. The molecule has 2 aromatic carbocycles. The fourth-order valence-electron chi connectivity index (χ4n) is 2.61. The number of hydrogen-bond acceptors (Lipinski definition) is 7. The summed E-state index contributed by atoms with van der Waals surface area (Å²) in [6.45, 7) is 0.351. The number of nitro groups is 1. The van der Waals surface area contributed by atoms with Gasteiger partial charge in [0, 0.05) is 11.8 Å². The molecule has 0 aromatic heterocycles. The minimum atomic E-state index is -1.17. The topological polar surface area (TPSA) is 157 Å². The summed E-state index contributed by atoms with van der Waals surface area (Å²) >= 11 is 0. The Kier molecular flexibility index (Phi) is 7.49. The van der Waals surface area contributed by atoms with Crippen molar-refractivity contribution in [1.29, 1.82) is 0 Å². The number of nitrogen functional groups attached to an aromatic ring is 1. The van der Waals surface area contributed by atoms with Crippen LogP contribution >= 0.6 is 0 Å². The summed E-state index contributed by atoms with van der Waals surface area (Å²) in [6, 6.07) is 10.1. The van der Waals surface area contributed by atoms with Crippen LogP contribution in [0.25, 0.3) is 0 Å². The van der Waals surface area contributed by atoms with E-state index in [1.807, 2.05) is 24.3 Å². The predicted octanol–water partition coefficient (Wildman–Crippen LogP) is 1.80. The van der Waals surface area contributed by atoms with Gasteiger partial charge in [0.05, 0.1) is 18.5 Å². The van der Waals surface area contributed by atoms with Gasteiger partial charge >= 0.3 is 5.97 Å². The molecule has 0 heterocycles. The summed E-state index contributed by atoms with van der Waals surface area (Å²) in [6.07, 6.45) is 0.232. The second-order valence-corrected chi connectivity index (χ2v) is 6.23. The van der Waals surface area contributed by atoms with E-state index in [4.69, 9.17) is 10.5 Å². The third kappa shape index (κ3) is 6.47. The predicted molar refractivity (Wildman–Crippen MR) is 107 cm³/mol. The third-order valence-electron chi connectivity index (χ3n) is 4.16. The van der Waals surface area contributed by atoms with E-state index in [0.717, 1.165) is 17.4 Å². The molecule has 10 nitrogen and oxygen atoms in total. The molecule has 0 saturated heterocycles. The molecular weight excluding hydrogens is 380 g/mol. The molecule has 1 amide bonds. The van der Waals surface area contributed by atoms with E-state index < -0.39 is 22.8 Å². The minimum absolute atomic E-state index is 0.0309. The molecular formula is C19H22N4O6. The van der Waals surface area contributed by atoms with Gasteiger partial charge in [-0.15, -0.1) is 0 Å². The van der Waals surface area contributed by atoms with Gasteiger partial charge < -0.3 is 26.2 Å². The lowest BCUT2D eigenvalue weighted by molar-refractivity contribution is -0.383. The van der Waals surface area contributed by atoms with Crippen LogP contribution in [0.1, 0.15) is 12.0 Å². The number of anilines is 2. The standard InChI is InChI=1S/C19H22N4O6/c1-29-14-5-2-12(3-6-14)8-9-21-16(19(25)26)11-18(24)22-13-4-7-15(20)17(10-13)23(27)28/h2-7,10,16,21H,8-9,11,20H2,1H3,(H,22,24)(H,25,26). The molecule has 0 aliphatic carbocycles. The number of benzene rings is 2. The maximum absolute atomic E-state index is 12.2. The molecule has 29 heavy (non-hydrogen) atoms. The maximum Gasteiger partial charge on any atom is 0.321 e. The Hall–Kier alpha value is -3.66. The average Bonchev–Trinajstić information content (AvgIpc) is 2.68. The lowest BCUT2D eigenvalue weighted by Gasteiger charge is -2.14. The molecule has 0 saturated carbocycles. The Morgan fingerprint density at radius 2 is 1.93 bits per heavy atom. The van der Waals surface area contributed by atoms with Crippen molar-refractivity contribution in [3.05, 3.63) is 58.1 Å². The number of carbonyl (C=O) groups is 2. The smallest absolute Gasteiger partial charge is 0.321 e. The fourth-order valence-corrected chi connectivity index (χ4v) is 2.61. The first-order valence-corrected chi connectivity index (χ1v) is 8.73. The van der Waals surface area contributed by atoms with Gasteiger partial charge in [0.2, 0.25) is 5.91 Å². The van der Waals surface area contributed by atoms with Crippen LogP contribution in [0, 0.1) is 10.1 Å². The van der Waals surface area contributed by atoms with Crippen molar-refractivity contribution in [3.63, 3.8) is 0 Å². The first-order chi connectivity index (χ1) is 13.8. The van der Waals surface area contributed by atoms with E-state index in [1.165, 1.54) is 12.1 Å². The highest BCUT2D eigenvalue weighted by Crippen LogP contribution is 2.25. The Morgan fingerprint density at radius 3 is 2.52 bits per heavy atom. The fraction of sp³-hybridized carbons (Fsp3) is 0.263. The first kappa shape index (κ1) is 21.6. The molecule has 5 N–H and O–H groups in total. The highest BCUT2D eigenvalue weighted by molar-refractivity contribution is 5.94. The lowest BCUT2D eigenvalue weighted by Crippen LogP contribution is -2.40. The van der Waals surface area contributed by atoms with Crippen molar-refractivity contribution in [2.24, 2.45) is 0 Å². The summed E-state index contributed by atoms with van der Waals surface area (Å²) in [5, 5.41) is 25.5. The number of carbonyl (C=O) groups excluding carboxylic acids is 1. The molecule has 0 fully saturated rings. The third-order valence-corrected chi connectivity index (χ3v) is 4.16.